The van der Waals surface area contributed by atoms with Gasteiger partial charge in [-0.2, -0.15) is 0 Å². The van der Waals surface area contributed by atoms with Crippen molar-refractivity contribution in [3.63, 3.8) is 0 Å². The lowest BCUT2D eigenvalue weighted by Crippen LogP contribution is -2.05. The van der Waals surface area contributed by atoms with Gasteiger partial charge in [-0.05, 0) is 42.8 Å². The molecule has 1 N–H and O–H groups in total. The van der Waals surface area contributed by atoms with Crippen LogP contribution in [0.5, 0.6) is 11.5 Å². The van der Waals surface area contributed by atoms with Crippen LogP contribution in [-0.4, -0.2) is 7.11 Å². The number of hydrogen-bond acceptors (Lipinski definition) is 3. The van der Waals surface area contributed by atoms with Crippen LogP contribution < -0.4 is 14.8 Å². The van der Waals surface area contributed by atoms with Gasteiger partial charge in [-0.3, -0.25) is 0 Å². The van der Waals surface area contributed by atoms with Gasteiger partial charge in [0.2, 0.25) is 0 Å². The van der Waals surface area contributed by atoms with Crippen molar-refractivity contribution in [2.24, 2.45) is 0 Å². The summed E-state index contributed by atoms with van der Waals surface area (Å²) in [5, 5.41) is 3.28. The third kappa shape index (κ3) is 4.54. The van der Waals surface area contributed by atoms with Crippen molar-refractivity contribution in [1.82, 2.24) is 0 Å². The van der Waals surface area contributed by atoms with Gasteiger partial charge >= 0.3 is 0 Å². The summed E-state index contributed by atoms with van der Waals surface area (Å²) < 4.78 is 24.6. The third-order valence-electron chi connectivity index (χ3n) is 4.11. The number of rotatable bonds is 7. The van der Waals surface area contributed by atoms with E-state index < -0.39 is 0 Å². The molecular formula is C22H22FNO2. The largest absolute Gasteiger partial charge is 0.493 e. The van der Waals surface area contributed by atoms with E-state index >= 15 is 0 Å². The van der Waals surface area contributed by atoms with Crippen molar-refractivity contribution in [2.75, 3.05) is 12.4 Å². The lowest BCUT2D eigenvalue weighted by molar-refractivity contribution is 0.281. The van der Waals surface area contributed by atoms with E-state index in [2.05, 4.69) is 36.5 Å². The van der Waals surface area contributed by atoms with E-state index in [0.717, 1.165) is 16.8 Å². The molecule has 26 heavy (non-hydrogen) atoms. The molecule has 0 heterocycles. The van der Waals surface area contributed by atoms with Crippen LogP contribution in [0.4, 0.5) is 10.1 Å². The van der Waals surface area contributed by atoms with Gasteiger partial charge in [0.05, 0.1) is 7.11 Å². The Morgan fingerprint density at radius 2 is 1.65 bits per heavy atom. The summed E-state index contributed by atoms with van der Waals surface area (Å²) in [6.07, 6.45) is 0. The molecule has 0 spiro atoms. The second-order valence-electron chi connectivity index (χ2n) is 6.08. The third-order valence-corrected chi connectivity index (χ3v) is 4.11. The van der Waals surface area contributed by atoms with Crippen LogP contribution in [0.3, 0.4) is 0 Å². The molecule has 134 valence electrons. The minimum atomic E-state index is -0.251. The highest BCUT2D eigenvalue weighted by molar-refractivity contribution is 5.50. The number of nitrogens with one attached hydrogen (secondary N) is 1. The summed E-state index contributed by atoms with van der Waals surface area (Å²) in [6, 6.07) is 20.3. The van der Waals surface area contributed by atoms with Crippen LogP contribution in [0.1, 0.15) is 16.7 Å². The Balaban J connectivity index is 1.74. The maximum Gasteiger partial charge on any atom is 0.166 e. The van der Waals surface area contributed by atoms with E-state index in [4.69, 9.17) is 9.47 Å². The molecule has 3 aromatic carbocycles. The SMILES string of the molecule is COc1cccc(CNc2ccc(F)cc2)c1OCc1ccc(C)cc1. The number of methoxy groups -OCH3 is 1. The number of anilines is 1. The molecule has 0 bridgehead atoms. The molecule has 0 aliphatic rings. The number of hydrogen-bond donors (Lipinski definition) is 1. The van der Waals surface area contributed by atoms with Crippen molar-refractivity contribution in [1.29, 1.82) is 0 Å². The standard InChI is InChI=1S/C22H22FNO2/c1-16-6-8-17(9-7-16)15-26-22-18(4-3-5-21(22)25-2)14-24-20-12-10-19(23)11-13-20/h3-13,24H,14-15H2,1-2H3. The van der Waals surface area contributed by atoms with Gasteiger partial charge in [0.25, 0.3) is 0 Å². The number of benzene rings is 3. The maximum atomic E-state index is 13.0. The predicted molar refractivity (Wildman–Crippen MR) is 102 cm³/mol. The normalized spacial score (nSPS) is 10.4. The van der Waals surface area contributed by atoms with Crippen molar-refractivity contribution in [3.8, 4) is 11.5 Å². The summed E-state index contributed by atoms with van der Waals surface area (Å²) in [5.74, 6) is 1.15. The summed E-state index contributed by atoms with van der Waals surface area (Å²) in [7, 11) is 1.63. The van der Waals surface area contributed by atoms with E-state index in [1.54, 1.807) is 19.2 Å². The molecule has 3 aromatic rings. The average molecular weight is 351 g/mol. The molecule has 0 saturated carbocycles. The lowest BCUT2D eigenvalue weighted by atomic mass is 10.1. The fourth-order valence-corrected chi connectivity index (χ4v) is 2.63. The van der Waals surface area contributed by atoms with Crippen LogP contribution in [0.25, 0.3) is 0 Å². The monoisotopic (exact) mass is 351 g/mol. The molecule has 0 aromatic heterocycles. The predicted octanol–water partition coefficient (Wildman–Crippen LogP) is 5.33. The number of halogens is 1. The molecule has 0 aliphatic heterocycles. The Labute approximate surface area is 153 Å². The van der Waals surface area contributed by atoms with Crippen molar-refractivity contribution >= 4 is 5.69 Å². The van der Waals surface area contributed by atoms with Crippen LogP contribution in [0, 0.1) is 12.7 Å². The Morgan fingerprint density at radius 1 is 0.923 bits per heavy atom. The second-order valence-corrected chi connectivity index (χ2v) is 6.08. The van der Waals surface area contributed by atoms with E-state index in [1.165, 1.54) is 17.7 Å². The lowest BCUT2D eigenvalue weighted by Gasteiger charge is -2.16. The van der Waals surface area contributed by atoms with Crippen molar-refractivity contribution in [2.45, 2.75) is 20.1 Å². The highest BCUT2D eigenvalue weighted by Crippen LogP contribution is 2.32. The molecule has 0 amide bonds. The van der Waals surface area contributed by atoms with Crippen LogP contribution in [0.15, 0.2) is 66.7 Å². The van der Waals surface area contributed by atoms with Crippen LogP contribution in [-0.2, 0) is 13.2 Å². The summed E-state index contributed by atoms with van der Waals surface area (Å²) >= 11 is 0. The molecular weight excluding hydrogens is 329 g/mol. The molecule has 0 radical (unpaired) electrons. The van der Waals surface area contributed by atoms with Gasteiger partial charge in [0, 0.05) is 17.8 Å². The molecule has 0 aliphatic carbocycles. The number of aryl methyl sites for hydroxylation is 1. The first-order chi connectivity index (χ1) is 12.7. The van der Waals surface area contributed by atoms with E-state index in [9.17, 15) is 4.39 Å². The van der Waals surface area contributed by atoms with Gasteiger partial charge in [-0.25, -0.2) is 4.39 Å². The van der Waals surface area contributed by atoms with Gasteiger partial charge in [-0.1, -0.05) is 42.0 Å². The maximum absolute atomic E-state index is 13.0. The topological polar surface area (TPSA) is 30.5 Å². The number of ether oxygens (including phenoxy) is 2. The first-order valence-electron chi connectivity index (χ1n) is 8.49. The quantitative estimate of drug-likeness (QED) is 0.624. The molecule has 0 unspecified atom stereocenters. The molecule has 0 atom stereocenters. The minimum absolute atomic E-state index is 0.251. The highest BCUT2D eigenvalue weighted by atomic mass is 19.1. The fourth-order valence-electron chi connectivity index (χ4n) is 2.63. The molecule has 3 nitrogen and oxygen atoms in total. The number of para-hydroxylation sites is 1. The first kappa shape index (κ1) is 17.8. The molecule has 3 rings (SSSR count). The van der Waals surface area contributed by atoms with Gasteiger partial charge in [0.1, 0.15) is 12.4 Å². The van der Waals surface area contributed by atoms with E-state index in [-0.39, 0.29) is 5.82 Å². The summed E-state index contributed by atoms with van der Waals surface area (Å²) in [4.78, 5) is 0. The zero-order chi connectivity index (χ0) is 18.4. The summed E-state index contributed by atoms with van der Waals surface area (Å²) in [5.41, 5.74) is 4.13. The minimum Gasteiger partial charge on any atom is -0.493 e. The average Bonchev–Trinajstić information content (AvgIpc) is 2.67. The van der Waals surface area contributed by atoms with Gasteiger partial charge in [-0.15, -0.1) is 0 Å². The Hall–Kier alpha value is -3.01. The Morgan fingerprint density at radius 3 is 2.35 bits per heavy atom. The van der Waals surface area contributed by atoms with Crippen LogP contribution in [0.2, 0.25) is 0 Å². The fraction of sp³-hybridized carbons (Fsp3) is 0.182. The van der Waals surface area contributed by atoms with Crippen molar-refractivity contribution < 1.29 is 13.9 Å². The Bertz CT molecular complexity index is 845. The zero-order valence-corrected chi connectivity index (χ0v) is 15.0. The smallest absolute Gasteiger partial charge is 0.166 e. The van der Waals surface area contributed by atoms with Crippen LogP contribution >= 0.6 is 0 Å². The van der Waals surface area contributed by atoms with Crippen molar-refractivity contribution in [3.05, 3.63) is 89.2 Å². The zero-order valence-electron chi connectivity index (χ0n) is 15.0. The van der Waals surface area contributed by atoms with Gasteiger partial charge in [0.15, 0.2) is 11.5 Å². The molecule has 4 heteroatoms. The van der Waals surface area contributed by atoms with Gasteiger partial charge < -0.3 is 14.8 Å². The molecule has 0 saturated heterocycles. The first-order valence-corrected chi connectivity index (χ1v) is 8.49. The van der Waals surface area contributed by atoms with E-state index in [0.29, 0.717) is 24.7 Å². The second kappa shape index (κ2) is 8.39. The van der Waals surface area contributed by atoms with E-state index in [1.807, 2.05) is 18.2 Å². The summed E-state index contributed by atoms with van der Waals surface area (Å²) in [6.45, 7) is 3.07. The highest BCUT2D eigenvalue weighted by Gasteiger charge is 2.11. The molecule has 0 fully saturated rings. The Kier molecular flexibility index (Phi) is 5.74.